The monoisotopic (exact) mass is 257 g/mol. The molecule has 2 heterocycles. The molecule has 0 saturated carbocycles. The second-order valence-corrected chi connectivity index (χ2v) is 5.95. The fourth-order valence-electron chi connectivity index (χ4n) is 2.41. The molecule has 2 amide bonds. The molecule has 0 aliphatic carbocycles. The standard InChI is InChI=1S/C11H19N3O2S/c1-11(10(16)12-2)3-4-14(6-11)9(15)8-5-17-7-13-8/h8,13H,3-7H2,1-2H3,(H,12,16). The van der Waals surface area contributed by atoms with Gasteiger partial charge in [0.25, 0.3) is 0 Å². The van der Waals surface area contributed by atoms with Gasteiger partial charge in [-0.15, -0.1) is 11.8 Å². The van der Waals surface area contributed by atoms with Crippen molar-refractivity contribution in [3.8, 4) is 0 Å². The Morgan fingerprint density at radius 3 is 2.88 bits per heavy atom. The van der Waals surface area contributed by atoms with Crippen molar-refractivity contribution in [1.82, 2.24) is 15.5 Å². The van der Waals surface area contributed by atoms with Crippen LogP contribution in [0.25, 0.3) is 0 Å². The van der Waals surface area contributed by atoms with Gasteiger partial charge in [0.15, 0.2) is 0 Å². The van der Waals surface area contributed by atoms with Crippen molar-refractivity contribution in [2.45, 2.75) is 19.4 Å². The van der Waals surface area contributed by atoms with Gasteiger partial charge in [0.1, 0.15) is 0 Å². The normalized spacial score (nSPS) is 32.8. The van der Waals surface area contributed by atoms with E-state index in [-0.39, 0.29) is 17.9 Å². The third-order valence-electron chi connectivity index (χ3n) is 3.57. The number of likely N-dealkylation sites (tertiary alicyclic amines) is 1. The molecule has 96 valence electrons. The second-order valence-electron chi connectivity index (χ2n) is 4.92. The van der Waals surface area contributed by atoms with Crippen LogP contribution in [0.4, 0.5) is 0 Å². The zero-order valence-corrected chi connectivity index (χ0v) is 11.1. The zero-order valence-electron chi connectivity index (χ0n) is 10.3. The first-order valence-corrected chi connectivity index (χ1v) is 7.04. The molecule has 2 rings (SSSR count). The van der Waals surface area contributed by atoms with Gasteiger partial charge in [0, 0.05) is 31.8 Å². The third-order valence-corrected chi connectivity index (χ3v) is 4.51. The van der Waals surface area contributed by atoms with Crippen LogP contribution in [0.3, 0.4) is 0 Å². The van der Waals surface area contributed by atoms with Crippen LogP contribution in [0.2, 0.25) is 0 Å². The number of nitrogens with one attached hydrogen (secondary N) is 2. The van der Waals surface area contributed by atoms with Crippen LogP contribution in [-0.2, 0) is 9.59 Å². The Morgan fingerprint density at radius 1 is 1.53 bits per heavy atom. The first-order valence-electron chi connectivity index (χ1n) is 5.89. The molecular weight excluding hydrogens is 238 g/mol. The van der Waals surface area contributed by atoms with E-state index in [2.05, 4.69) is 10.6 Å². The lowest BCUT2D eigenvalue weighted by molar-refractivity contribution is -0.133. The molecule has 6 heteroatoms. The molecule has 2 aliphatic heterocycles. The summed E-state index contributed by atoms with van der Waals surface area (Å²) >= 11 is 1.74. The van der Waals surface area contributed by atoms with E-state index in [4.69, 9.17) is 0 Å². The number of carbonyl (C=O) groups is 2. The van der Waals surface area contributed by atoms with Crippen LogP contribution in [0, 0.1) is 5.41 Å². The highest BCUT2D eigenvalue weighted by Crippen LogP contribution is 2.30. The Bertz CT molecular complexity index is 331. The van der Waals surface area contributed by atoms with E-state index in [1.807, 2.05) is 11.8 Å². The molecule has 0 bridgehead atoms. The molecule has 2 atom stereocenters. The van der Waals surface area contributed by atoms with E-state index in [1.54, 1.807) is 18.8 Å². The molecule has 2 fully saturated rings. The summed E-state index contributed by atoms with van der Waals surface area (Å²) in [4.78, 5) is 25.7. The van der Waals surface area contributed by atoms with Gasteiger partial charge in [-0.1, -0.05) is 0 Å². The quantitative estimate of drug-likeness (QED) is 0.709. The van der Waals surface area contributed by atoms with Crippen molar-refractivity contribution in [3.63, 3.8) is 0 Å². The number of amides is 2. The fourth-order valence-corrected chi connectivity index (χ4v) is 3.34. The van der Waals surface area contributed by atoms with E-state index in [0.29, 0.717) is 13.1 Å². The smallest absolute Gasteiger partial charge is 0.240 e. The Balaban J connectivity index is 1.97. The van der Waals surface area contributed by atoms with Gasteiger partial charge < -0.3 is 10.2 Å². The van der Waals surface area contributed by atoms with Crippen molar-refractivity contribution >= 4 is 23.6 Å². The van der Waals surface area contributed by atoms with E-state index in [0.717, 1.165) is 18.1 Å². The van der Waals surface area contributed by atoms with Crippen LogP contribution in [0.1, 0.15) is 13.3 Å². The minimum Gasteiger partial charge on any atom is -0.359 e. The average molecular weight is 257 g/mol. The molecule has 2 unspecified atom stereocenters. The van der Waals surface area contributed by atoms with Crippen LogP contribution in [-0.4, -0.2) is 54.5 Å². The molecular formula is C11H19N3O2S. The largest absolute Gasteiger partial charge is 0.359 e. The summed E-state index contributed by atoms with van der Waals surface area (Å²) in [6.07, 6.45) is 0.748. The predicted octanol–water partition coefficient (Wildman–Crippen LogP) is -0.366. The molecule has 0 radical (unpaired) electrons. The molecule has 2 saturated heterocycles. The first kappa shape index (κ1) is 12.7. The highest BCUT2D eigenvalue weighted by Gasteiger charge is 2.43. The minimum absolute atomic E-state index is 0.0292. The van der Waals surface area contributed by atoms with Gasteiger partial charge in [-0.05, 0) is 13.3 Å². The Kier molecular flexibility index (Phi) is 3.63. The molecule has 2 N–H and O–H groups in total. The number of thioether (sulfide) groups is 1. The van der Waals surface area contributed by atoms with Crippen molar-refractivity contribution in [3.05, 3.63) is 0 Å². The topological polar surface area (TPSA) is 61.4 Å². The van der Waals surface area contributed by atoms with Crippen LogP contribution < -0.4 is 10.6 Å². The minimum atomic E-state index is -0.420. The number of carbonyl (C=O) groups excluding carboxylic acids is 2. The van der Waals surface area contributed by atoms with E-state index in [1.165, 1.54) is 0 Å². The summed E-state index contributed by atoms with van der Waals surface area (Å²) in [5.41, 5.74) is -0.420. The maximum atomic E-state index is 12.2. The van der Waals surface area contributed by atoms with E-state index < -0.39 is 5.41 Å². The fraction of sp³-hybridized carbons (Fsp3) is 0.818. The maximum Gasteiger partial charge on any atom is 0.240 e. The summed E-state index contributed by atoms with van der Waals surface area (Å²) in [5.74, 6) is 1.85. The van der Waals surface area contributed by atoms with Crippen LogP contribution in [0.15, 0.2) is 0 Å². The van der Waals surface area contributed by atoms with Crippen LogP contribution >= 0.6 is 11.8 Å². The van der Waals surface area contributed by atoms with Crippen LogP contribution in [0.5, 0.6) is 0 Å². The van der Waals surface area contributed by atoms with Crippen molar-refractivity contribution in [1.29, 1.82) is 0 Å². The van der Waals surface area contributed by atoms with Crippen molar-refractivity contribution < 1.29 is 9.59 Å². The lowest BCUT2D eigenvalue weighted by Gasteiger charge is -2.24. The second kappa shape index (κ2) is 4.86. The SMILES string of the molecule is CNC(=O)C1(C)CCN(C(=O)C2CSCN2)C1. The Labute approximate surface area is 106 Å². The molecule has 0 aromatic heterocycles. The molecule has 17 heavy (non-hydrogen) atoms. The Morgan fingerprint density at radius 2 is 2.29 bits per heavy atom. The lowest BCUT2D eigenvalue weighted by Crippen LogP contribution is -2.46. The van der Waals surface area contributed by atoms with Gasteiger partial charge in [0.05, 0.1) is 11.5 Å². The van der Waals surface area contributed by atoms with Gasteiger partial charge >= 0.3 is 0 Å². The number of nitrogens with zero attached hydrogens (tertiary/aromatic N) is 1. The van der Waals surface area contributed by atoms with Gasteiger partial charge in [0.2, 0.25) is 11.8 Å². The number of hydrogen-bond acceptors (Lipinski definition) is 4. The van der Waals surface area contributed by atoms with Crippen molar-refractivity contribution in [2.75, 3.05) is 31.8 Å². The highest BCUT2D eigenvalue weighted by atomic mass is 32.2. The highest BCUT2D eigenvalue weighted by molar-refractivity contribution is 7.99. The average Bonchev–Trinajstić information content (AvgIpc) is 2.96. The number of rotatable bonds is 2. The first-order chi connectivity index (χ1) is 8.07. The molecule has 2 aliphatic rings. The molecule has 0 aromatic rings. The third kappa shape index (κ3) is 2.42. The van der Waals surface area contributed by atoms with E-state index in [9.17, 15) is 9.59 Å². The number of hydrogen-bond donors (Lipinski definition) is 2. The summed E-state index contributed by atoms with van der Waals surface area (Å²) < 4.78 is 0. The van der Waals surface area contributed by atoms with Gasteiger partial charge in [-0.3, -0.25) is 14.9 Å². The van der Waals surface area contributed by atoms with E-state index >= 15 is 0 Å². The Hall–Kier alpha value is -0.750. The summed E-state index contributed by atoms with van der Waals surface area (Å²) in [7, 11) is 1.65. The molecule has 5 nitrogen and oxygen atoms in total. The van der Waals surface area contributed by atoms with Gasteiger partial charge in [-0.25, -0.2) is 0 Å². The predicted molar refractivity (Wildman–Crippen MR) is 67.6 cm³/mol. The molecule has 0 spiro atoms. The summed E-state index contributed by atoms with van der Waals surface area (Å²) in [6.45, 7) is 3.15. The van der Waals surface area contributed by atoms with Gasteiger partial charge in [-0.2, -0.15) is 0 Å². The maximum absolute atomic E-state index is 12.2. The van der Waals surface area contributed by atoms with Crippen molar-refractivity contribution in [2.24, 2.45) is 5.41 Å². The summed E-state index contributed by atoms with van der Waals surface area (Å²) in [5, 5.41) is 5.85. The molecule has 0 aromatic carbocycles. The zero-order chi connectivity index (χ0) is 12.5. The summed E-state index contributed by atoms with van der Waals surface area (Å²) in [6, 6.07) is -0.0629. The lowest BCUT2D eigenvalue weighted by atomic mass is 9.89.